The fourth-order valence-corrected chi connectivity index (χ4v) is 2.77. The minimum absolute atomic E-state index is 0.0309. The number of carbonyl (C=O) groups excluding carboxylic acids is 1. The summed E-state index contributed by atoms with van der Waals surface area (Å²) < 4.78 is 10.4. The summed E-state index contributed by atoms with van der Waals surface area (Å²) >= 11 is 0. The predicted octanol–water partition coefficient (Wildman–Crippen LogP) is 2.40. The summed E-state index contributed by atoms with van der Waals surface area (Å²) in [4.78, 5) is 14.5. The lowest BCUT2D eigenvalue weighted by Crippen LogP contribution is -2.30. The highest BCUT2D eigenvalue weighted by Crippen LogP contribution is 2.33. The number of nitrogens with zero attached hydrogens (tertiary/aromatic N) is 1. The van der Waals surface area contributed by atoms with Crippen molar-refractivity contribution in [2.75, 3.05) is 33.0 Å². The minimum atomic E-state index is -0.0309. The van der Waals surface area contributed by atoms with Gasteiger partial charge in [-0.25, -0.2) is 0 Å². The molecule has 2 rings (SSSR count). The van der Waals surface area contributed by atoms with Crippen molar-refractivity contribution in [1.82, 2.24) is 4.90 Å². The van der Waals surface area contributed by atoms with Gasteiger partial charge in [-0.3, -0.25) is 4.79 Å². The van der Waals surface area contributed by atoms with E-state index in [2.05, 4.69) is 13.8 Å². The number of methoxy groups -OCH3 is 2. The highest BCUT2D eigenvalue weighted by Gasteiger charge is 2.30. The van der Waals surface area contributed by atoms with Crippen molar-refractivity contribution < 1.29 is 14.3 Å². The molecule has 1 fully saturated rings. The zero-order valence-corrected chi connectivity index (χ0v) is 13.2. The number of benzene rings is 1. The van der Waals surface area contributed by atoms with Crippen LogP contribution in [0.1, 0.15) is 30.6 Å². The Bertz CT molecular complexity index is 528. The molecular formula is C16H24N2O3. The summed E-state index contributed by atoms with van der Waals surface area (Å²) in [6.07, 6.45) is 1.05. The SMILES string of the molecule is COc1cc(N)c(C(=O)N2CCC(C(C)C)C2)cc1OC. The first-order valence-corrected chi connectivity index (χ1v) is 7.28. The van der Waals surface area contributed by atoms with E-state index in [0.29, 0.717) is 34.6 Å². The van der Waals surface area contributed by atoms with Gasteiger partial charge in [0.25, 0.3) is 5.91 Å². The Kier molecular flexibility index (Phi) is 4.60. The van der Waals surface area contributed by atoms with Gasteiger partial charge in [-0.05, 0) is 24.3 Å². The van der Waals surface area contributed by atoms with Gasteiger partial charge in [-0.2, -0.15) is 0 Å². The molecule has 0 radical (unpaired) electrons. The zero-order valence-electron chi connectivity index (χ0n) is 13.2. The number of nitrogens with two attached hydrogens (primary N) is 1. The molecule has 2 N–H and O–H groups in total. The molecule has 1 aliphatic rings. The smallest absolute Gasteiger partial charge is 0.256 e. The van der Waals surface area contributed by atoms with Gasteiger partial charge in [0.2, 0.25) is 0 Å². The third-order valence-corrected chi connectivity index (χ3v) is 4.24. The summed E-state index contributed by atoms with van der Waals surface area (Å²) in [5.74, 6) is 2.18. The lowest BCUT2D eigenvalue weighted by molar-refractivity contribution is 0.0784. The number of amides is 1. The Morgan fingerprint density at radius 2 is 1.90 bits per heavy atom. The maximum atomic E-state index is 12.7. The van der Waals surface area contributed by atoms with E-state index in [4.69, 9.17) is 15.2 Å². The number of carbonyl (C=O) groups is 1. The fourth-order valence-electron chi connectivity index (χ4n) is 2.77. The van der Waals surface area contributed by atoms with Gasteiger partial charge in [0.05, 0.1) is 19.8 Å². The van der Waals surface area contributed by atoms with Crippen LogP contribution in [-0.2, 0) is 0 Å². The van der Waals surface area contributed by atoms with Crippen LogP contribution in [0.2, 0.25) is 0 Å². The summed E-state index contributed by atoms with van der Waals surface area (Å²) in [5.41, 5.74) is 6.91. The van der Waals surface area contributed by atoms with Crippen molar-refractivity contribution >= 4 is 11.6 Å². The molecule has 1 atom stereocenters. The van der Waals surface area contributed by atoms with Crippen LogP contribution in [-0.4, -0.2) is 38.1 Å². The molecule has 0 saturated carbocycles. The molecule has 21 heavy (non-hydrogen) atoms. The number of rotatable bonds is 4. The molecule has 116 valence electrons. The third-order valence-electron chi connectivity index (χ3n) is 4.24. The van der Waals surface area contributed by atoms with Crippen molar-refractivity contribution in [3.8, 4) is 11.5 Å². The molecular weight excluding hydrogens is 268 g/mol. The van der Waals surface area contributed by atoms with Gasteiger partial charge in [0, 0.05) is 24.8 Å². The Balaban J connectivity index is 2.24. The van der Waals surface area contributed by atoms with E-state index < -0.39 is 0 Å². The van der Waals surface area contributed by atoms with E-state index in [1.54, 1.807) is 26.4 Å². The van der Waals surface area contributed by atoms with E-state index in [-0.39, 0.29) is 5.91 Å². The molecule has 1 heterocycles. The van der Waals surface area contributed by atoms with Crippen LogP contribution < -0.4 is 15.2 Å². The van der Waals surface area contributed by atoms with Crippen molar-refractivity contribution in [2.45, 2.75) is 20.3 Å². The lowest BCUT2D eigenvalue weighted by Gasteiger charge is -2.20. The second-order valence-corrected chi connectivity index (χ2v) is 5.84. The van der Waals surface area contributed by atoms with Gasteiger partial charge in [-0.1, -0.05) is 13.8 Å². The molecule has 1 aromatic rings. The molecule has 1 saturated heterocycles. The highest BCUT2D eigenvalue weighted by molar-refractivity contribution is 6.00. The van der Waals surface area contributed by atoms with Gasteiger partial charge >= 0.3 is 0 Å². The molecule has 1 aromatic carbocycles. The molecule has 1 amide bonds. The number of nitrogen functional groups attached to an aromatic ring is 1. The molecule has 1 aliphatic heterocycles. The van der Waals surface area contributed by atoms with Gasteiger partial charge in [0.1, 0.15) is 0 Å². The van der Waals surface area contributed by atoms with E-state index in [1.165, 1.54) is 0 Å². The van der Waals surface area contributed by atoms with Crippen LogP contribution in [0, 0.1) is 11.8 Å². The van der Waals surface area contributed by atoms with Gasteiger partial charge < -0.3 is 20.1 Å². The van der Waals surface area contributed by atoms with Crippen LogP contribution >= 0.6 is 0 Å². The number of likely N-dealkylation sites (tertiary alicyclic amines) is 1. The van der Waals surface area contributed by atoms with Crippen molar-refractivity contribution in [3.63, 3.8) is 0 Å². The van der Waals surface area contributed by atoms with E-state index in [1.807, 2.05) is 4.90 Å². The first-order chi connectivity index (χ1) is 9.97. The van der Waals surface area contributed by atoms with Crippen LogP contribution in [0.3, 0.4) is 0 Å². The van der Waals surface area contributed by atoms with E-state index in [9.17, 15) is 4.79 Å². The average molecular weight is 292 g/mol. The van der Waals surface area contributed by atoms with Gasteiger partial charge in [0.15, 0.2) is 11.5 Å². The Morgan fingerprint density at radius 1 is 1.29 bits per heavy atom. The zero-order chi connectivity index (χ0) is 15.6. The van der Waals surface area contributed by atoms with Crippen molar-refractivity contribution in [3.05, 3.63) is 17.7 Å². The number of hydrogen-bond donors (Lipinski definition) is 1. The molecule has 0 bridgehead atoms. The van der Waals surface area contributed by atoms with Crippen molar-refractivity contribution in [1.29, 1.82) is 0 Å². The van der Waals surface area contributed by atoms with Crippen LogP contribution in [0.4, 0.5) is 5.69 Å². The van der Waals surface area contributed by atoms with E-state index in [0.717, 1.165) is 19.5 Å². The standard InChI is InChI=1S/C16H24N2O3/c1-10(2)11-5-6-18(9-11)16(19)12-7-14(20-3)15(21-4)8-13(12)17/h7-8,10-11H,5-6,9,17H2,1-4H3. The summed E-state index contributed by atoms with van der Waals surface area (Å²) in [6, 6.07) is 3.31. The molecule has 1 unspecified atom stereocenters. The second-order valence-electron chi connectivity index (χ2n) is 5.84. The Morgan fingerprint density at radius 3 is 2.43 bits per heavy atom. The normalized spacial score (nSPS) is 18.1. The lowest BCUT2D eigenvalue weighted by atomic mass is 9.95. The van der Waals surface area contributed by atoms with Crippen LogP contribution in [0.25, 0.3) is 0 Å². The maximum absolute atomic E-state index is 12.7. The van der Waals surface area contributed by atoms with Gasteiger partial charge in [-0.15, -0.1) is 0 Å². The maximum Gasteiger partial charge on any atom is 0.256 e. The number of hydrogen-bond acceptors (Lipinski definition) is 4. The van der Waals surface area contributed by atoms with Crippen molar-refractivity contribution in [2.24, 2.45) is 11.8 Å². The molecule has 5 heteroatoms. The first kappa shape index (κ1) is 15.5. The van der Waals surface area contributed by atoms with Crippen LogP contribution in [0.15, 0.2) is 12.1 Å². The summed E-state index contributed by atoms with van der Waals surface area (Å²) in [7, 11) is 3.10. The Hall–Kier alpha value is -1.91. The minimum Gasteiger partial charge on any atom is -0.493 e. The molecule has 5 nitrogen and oxygen atoms in total. The largest absolute Gasteiger partial charge is 0.493 e. The first-order valence-electron chi connectivity index (χ1n) is 7.28. The highest BCUT2D eigenvalue weighted by atomic mass is 16.5. The topological polar surface area (TPSA) is 64.8 Å². The second kappa shape index (κ2) is 6.24. The van der Waals surface area contributed by atoms with Crippen LogP contribution in [0.5, 0.6) is 11.5 Å². The third kappa shape index (κ3) is 3.06. The monoisotopic (exact) mass is 292 g/mol. The molecule has 0 spiro atoms. The van der Waals surface area contributed by atoms with E-state index >= 15 is 0 Å². The number of ether oxygens (including phenoxy) is 2. The molecule has 0 aromatic heterocycles. The summed E-state index contributed by atoms with van der Waals surface area (Å²) in [5, 5.41) is 0. The fraction of sp³-hybridized carbons (Fsp3) is 0.562. The predicted molar refractivity (Wildman–Crippen MR) is 82.8 cm³/mol. The number of anilines is 1. The Labute approximate surface area is 126 Å². The quantitative estimate of drug-likeness (QED) is 0.866. The molecule has 0 aliphatic carbocycles. The average Bonchev–Trinajstić information content (AvgIpc) is 2.96. The summed E-state index contributed by atoms with van der Waals surface area (Å²) in [6.45, 7) is 5.98.